The van der Waals surface area contributed by atoms with Crippen LogP contribution in [0.1, 0.15) is 0 Å². The second kappa shape index (κ2) is 9.41. The molecule has 0 aliphatic carbocycles. The van der Waals surface area contributed by atoms with E-state index in [1.54, 1.807) is 6.20 Å². The van der Waals surface area contributed by atoms with Crippen molar-refractivity contribution in [2.75, 3.05) is 36.8 Å². The number of carbonyl (C=O) groups is 2. The molecule has 4 heterocycles. The van der Waals surface area contributed by atoms with Crippen molar-refractivity contribution in [3.05, 3.63) is 30.5 Å². The molecule has 11 nitrogen and oxygen atoms in total. The fraction of sp³-hybridized carbons (Fsp3) is 0.429. The Morgan fingerprint density at radius 3 is 2.70 bits per heavy atom. The van der Waals surface area contributed by atoms with Gasteiger partial charge in [-0.25, -0.2) is 9.97 Å². The van der Waals surface area contributed by atoms with Crippen LogP contribution >= 0.6 is 11.8 Å². The number of hydrogen-bond donors (Lipinski definition) is 3. The fourth-order valence-corrected chi connectivity index (χ4v) is 4.58. The zero-order valence-corrected chi connectivity index (χ0v) is 18.2. The Morgan fingerprint density at radius 2 is 1.85 bits per heavy atom. The first-order valence-electron chi connectivity index (χ1n) is 10.4. The van der Waals surface area contributed by atoms with Gasteiger partial charge in [-0.2, -0.15) is 0 Å². The smallest absolute Gasteiger partial charge is 0.313 e. The van der Waals surface area contributed by atoms with E-state index in [2.05, 4.69) is 20.6 Å². The number of ether oxygens (including phenoxy) is 4. The number of thioether (sulfide) groups is 1. The molecule has 1 aromatic carbocycles. The molecule has 3 N–H and O–H groups in total. The van der Waals surface area contributed by atoms with E-state index >= 15 is 0 Å². The van der Waals surface area contributed by atoms with E-state index in [1.165, 1.54) is 0 Å². The van der Waals surface area contributed by atoms with E-state index in [9.17, 15) is 9.59 Å². The van der Waals surface area contributed by atoms with Gasteiger partial charge in [0.1, 0.15) is 12.2 Å². The van der Waals surface area contributed by atoms with Crippen LogP contribution in [0.2, 0.25) is 0 Å². The number of nitrogens with one attached hydrogen (secondary N) is 2. The van der Waals surface area contributed by atoms with Gasteiger partial charge in [0.05, 0.1) is 42.5 Å². The zero-order valence-electron chi connectivity index (χ0n) is 17.4. The fourth-order valence-electron chi connectivity index (χ4n) is 4.04. The highest BCUT2D eigenvalue weighted by Crippen LogP contribution is 2.35. The van der Waals surface area contributed by atoms with Crippen molar-refractivity contribution in [2.45, 2.75) is 24.3 Å². The van der Waals surface area contributed by atoms with E-state index in [4.69, 9.17) is 24.1 Å². The molecule has 4 unspecified atom stereocenters. The third-order valence-electron chi connectivity index (χ3n) is 5.50. The Bertz CT molecular complexity index is 1060. The third-order valence-corrected chi connectivity index (χ3v) is 6.41. The predicted molar refractivity (Wildman–Crippen MR) is 117 cm³/mol. The maximum atomic E-state index is 12.1. The van der Waals surface area contributed by atoms with Crippen molar-refractivity contribution in [1.29, 1.82) is 0 Å². The Balaban J connectivity index is 1.19. The first-order chi connectivity index (χ1) is 16.1. The largest absolute Gasteiger partial charge is 0.481 e. The molecular formula is C21H22N4O7S. The minimum absolute atomic E-state index is 0.0718. The lowest BCUT2D eigenvalue weighted by molar-refractivity contribution is -0.133. The van der Waals surface area contributed by atoms with Crippen molar-refractivity contribution in [3.63, 3.8) is 0 Å². The highest BCUT2D eigenvalue weighted by molar-refractivity contribution is 8.00. The van der Waals surface area contributed by atoms with Gasteiger partial charge in [0, 0.05) is 11.8 Å². The van der Waals surface area contributed by atoms with E-state index in [1.807, 2.05) is 24.3 Å². The topological polar surface area (TPSA) is 141 Å². The van der Waals surface area contributed by atoms with Crippen molar-refractivity contribution >= 4 is 29.6 Å². The lowest BCUT2D eigenvalue weighted by Gasteiger charge is -2.18. The molecule has 1 amide bonds. The molecule has 2 aromatic rings. The van der Waals surface area contributed by atoms with Crippen molar-refractivity contribution in [3.8, 4) is 22.8 Å². The molecule has 5 rings (SSSR count). The first-order valence-corrected chi connectivity index (χ1v) is 11.5. The average Bonchev–Trinajstić information content (AvgIpc) is 3.52. The molecule has 12 heteroatoms. The molecule has 0 saturated carbocycles. The number of aromatic nitrogens is 2. The highest BCUT2D eigenvalue weighted by atomic mass is 32.2. The molecule has 33 heavy (non-hydrogen) atoms. The normalized spacial score (nSPS) is 25.0. The lowest BCUT2D eigenvalue weighted by Crippen LogP contribution is -2.45. The second-order valence-electron chi connectivity index (χ2n) is 7.74. The molecule has 1 aromatic heterocycles. The molecule has 0 radical (unpaired) electrons. The number of carbonyl (C=O) groups excluding carboxylic acids is 1. The summed E-state index contributed by atoms with van der Waals surface area (Å²) < 4.78 is 22.6. The summed E-state index contributed by atoms with van der Waals surface area (Å²) in [6.07, 6.45) is 1.11. The number of carboxylic acid groups (broad SMARTS) is 1. The van der Waals surface area contributed by atoms with Crippen LogP contribution in [-0.2, 0) is 19.1 Å². The monoisotopic (exact) mass is 474 g/mol. The van der Waals surface area contributed by atoms with Gasteiger partial charge in [0.2, 0.25) is 18.6 Å². The molecule has 4 atom stereocenters. The van der Waals surface area contributed by atoms with E-state index in [-0.39, 0.29) is 48.5 Å². The number of anilines is 1. The van der Waals surface area contributed by atoms with Gasteiger partial charge >= 0.3 is 5.97 Å². The minimum atomic E-state index is -0.949. The Labute approximate surface area is 193 Å². The first kappa shape index (κ1) is 21.7. The molecule has 0 bridgehead atoms. The van der Waals surface area contributed by atoms with Gasteiger partial charge in [0.25, 0.3) is 0 Å². The third kappa shape index (κ3) is 4.82. The average molecular weight is 474 g/mol. The molecule has 3 aliphatic rings. The summed E-state index contributed by atoms with van der Waals surface area (Å²) in [5.74, 6) is 0.601. The van der Waals surface area contributed by atoms with Crippen molar-refractivity contribution < 1.29 is 33.6 Å². The van der Waals surface area contributed by atoms with Gasteiger partial charge in [-0.15, -0.1) is 11.8 Å². The number of rotatable bonds is 8. The SMILES string of the molecule is O=C(O)CSCC(=O)NC1COC2C(Nc3nccc(-c4ccc5c(c4)OCO5)n3)COC12. The maximum Gasteiger partial charge on any atom is 0.313 e. The van der Waals surface area contributed by atoms with Crippen LogP contribution in [-0.4, -0.2) is 82.8 Å². The number of hydrogen-bond acceptors (Lipinski definition) is 10. The van der Waals surface area contributed by atoms with Crippen LogP contribution in [0.15, 0.2) is 30.5 Å². The van der Waals surface area contributed by atoms with Gasteiger partial charge in [-0.1, -0.05) is 0 Å². The lowest BCUT2D eigenvalue weighted by atomic mass is 10.1. The summed E-state index contributed by atoms with van der Waals surface area (Å²) in [5, 5.41) is 14.8. The molecule has 174 valence electrons. The molecular weight excluding hydrogens is 452 g/mol. The number of fused-ring (bicyclic) bond motifs is 2. The highest BCUT2D eigenvalue weighted by Gasteiger charge is 2.48. The summed E-state index contributed by atoms with van der Waals surface area (Å²) in [6.45, 7) is 0.913. The quantitative estimate of drug-likeness (QED) is 0.499. The van der Waals surface area contributed by atoms with Crippen molar-refractivity contribution in [2.24, 2.45) is 0 Å². The molecule has 3 aliphatic heterocycles. The van der Waals surface area contributed by atoms with Gasteiger partial charge in [-0.05, 0) is 24.3 Å². The standard InChI is InChI=1S/C21H22N4O7S/c26-17(8-33-9-18(27)28)23-13-6-29-20-14(7-30-19(13)20)25-21-22-4-3-12(24-21)11-1-2-15-16(5-11)32-10-31-15/h1-5,13-14,19-20H,6-10H2,(H,23,26)(H,27,28)(H,22,24,25). The Morgan fingerprint density at radius 1 is 1.06 bits per heavy atom. The maximum absolute atomic E-state index is 12.1. The summed E-state index contributed by atoms with van der Waals surface area (Å²) in [7, 11) is 0. The number of carboxylic acids is 1. The Kier molecular flexibility index (Phi) is 6.20. The summed E-state index contributed by atoms with van der Waals surface area (Å²) in [6, 6.07) is 6.99. The summed E-state index contributed by atoms with van der Waals surface area (Å²) >= 11 is 1.05. The molecule has 2 fully saturated rings. The number of benzene rings is 1. The minimum Gasteiger partial charge on any atom is -0.481 e. The van der Waals surface area contributed by atoms with Crippen LogP contribution in [0, 0.1) is 0 Å². The predicted octanol–water partition coefficient (Wildman–Crippen LogP) is 0.753. The zero-order chi connectivity index (χ0) is 22.8. The van der Waals surface area contributed by atoms with Crippen LogP contribution in [0.5, 0.6) is 11.5 Å². The van der Waals surface area contributed by atoms with Gasteiger partial charge in [0.15, 0.2) is 11.5 Å². The van der Waals surface area contributed by atoms with E-state index in [0.717, 1.165) is 23.0 Å². The summed E-state index contributed by atoms with van der Waals surface area (Å²) in [5.41, 5.74) is 1.61. The number of aliphatic carboxylic acids is 1. The van der Waals surface area contributed by atoms with Crippen LogP contribution in [0.25, 0.3) is 11.3 Å². The molecule has 0 spiro atoms. The van der Waals surface area contributed by atoms with Crippen LogP contribution in [0.4, 0.5) is 5.95 Å². The van der Waals surface area contributed by atoms with Crippen molar-refractivity contribution in [1.82, 2.24) is 15.3 Å². The van der Waals surface area contributed by atoms with Gasteiger partial charge < -0.3 is 34.7 Å². The molecule has 2 saturated heterocycles. The second-order valence-corrected chi connectivity index (χ2v) is 8.73. The van der Waals surface area contributed by atoms with E-state index in [0.29, 0.717) is 30.7 Å². The number of nitrogens with zero attached hydrogens (tertiary/aromatic N) is 2. The van der Waals surface area contributed by atoms with E-state index < -0.39 is 5.97 Å². The van der Waals surface area contributed by atoms with Crippen LogP contribution in [0.3, 0.4) is 0 Å². The summed E-state index contributed by atoms with van der Waals surface area (Å²) in [4.78, 5) is 31.6. The Hall–Kier alpha value is -3.09. The number of amides is 1. The van der Waals surface area contributed by atoms with Crippen LogP contribution < -0.4 is 20.1 Å². The van der Waals surface area contributed by atoms with Gasteiger partial charge in [-0.3, -0.25) is 9.59 Å².